The van der Waals surface area contributed by atoms with E-state index in [4.69, 9.17) is 4.74 Å². The molecular weight excluding hydrogens is 358 g/mol. The molecule has 1 spiro atoms. The highest BCUT2D eigenvalue weighted by atomic mass is 16.5. The molecule has 0 radical (unpaired) electrons. The van der Waals surface area contributed by atoms with Gasteiger partial charge >= 0.3 is 5.97 Å². The number of benzene rings is 1. The zero-order valence-corrected chi connectivity index (χ0v) is 16.2. The maximum atomic E-state index is 13.6. The van der Waals surface area contributed by atoms with E-state index in [0.717, 1.165) is 24.8 Å². The maximum Gasteiger partial charge on any atom is 0.328 e. The number of methoxy groups -OCH3 is 1. The van der Waals surface area contributed by atoms with Crippen molar-refractivity contribution in [3.63, 3.8) is 0 Å². The summed E-state index contributed by atoms with van der Waals surface area (Å²) in [6.07, 6.45) is 3.47. The number of likely N-dealkylation sites (tertiary alicyclic amines) is 1. The Morgan fingerprint density at radius 3 is 2.68 bits per heavy atom. The third-order valence-corrected chi connectivity index (χ3v) is 6.18. The van der Waals surface area contributed by atoms with Gasteiger partial charge in [-0.05, 0) is 31.2 Å². The summed E-state index contributed by atoms with van der Waals surface area (Å²) in [4.78, 5) is 42.2. The molecule has 1 aromatic carbocycles. The largest absolute Gasteiger partial charge is 0.467 e. The average Bonchev–Trinajstić information content (AvgIpc) is 3.32. The minimum Gasteiger partial charge on any atom is -0.467 e. The summed E-state index contributed by atoms with van der Waals surface area (Å²) in [5, 5.41) is 3.32. The Labute approximate surface area is 165 Å². The van der Waals surface area contributed by atoms with Gasteiger partial charge in [-0.2, -0.15) is 0 Å². The van der Waals surface area contributed by atoms with Crippen molar-refractivity contribution in [2.75, 3.05) is 26.7 Å². The van der Waals surface area contributed by atoms with Crippen molar-refractivity contribution in [3.8, 4) is 0 Å². The highest BCUT2D eigenvalue weighted by molar-refractivity contribution is 5.96. The number of piperazine rings is 1. The molecule has 3 aliphatic rings. The van der Waals surface area contributed by atoms with Gasteiger partial charge in [0.05, 0.1) is 12.6 Å². The molecule has 2 saturated heterocycles. The molecule has 2 atom stereocenters. The van der Waals surface area contributed by atoms with Crippen LogP contribution in [0.15, 0.2) is 30.3 Å². The lowest BCUT2D eigenvalue weighted by Gasteiger charge is -2.40. The molecule has 3 fully saturated rings. The van der Waals surface area contributed by atoms with E-state index in [-0.39, 0.29) is 17.8 Å². The van der Waals surface area contributed by atoms with E-state index in [0.29, 0.717) is 32.5 Å². The monoisotopic (exact) mass is 385 g/mol. The Balaban J connectivity index is 1.61. The summed E-state index contributed by atoms with van der Waals surface area (Å²) in [5.41, 5.74) is 0.533. The van der Waals surface area contributed by atoms with Crippen molar-refractivity contribution < 1.29 is 19.1 Å². The van der Waals surface area contributed by atoms with Crippen LogP contribution in [0, 0.1) is 0 Å². The molecule has 0 aromatic heterocycles. The minimum atomic E-state index is -0.597. The van der Waals surface area contributed by atoms with Gasteiger partial charge in [0.1, 0.15) is 12.1 Å². The molecule has 0 bridgehead atoms. The number of rotatable bonds is 5. The minimum absolute atomic E-state index is 0.0156. The van der Waals surface area contributed by atoms with Gasteiger partial charge in [-0.1, -0.05) is 30.3 Å². The van der Waals surface area contributed by atoms with Crippen LogP contribution >= 0.6 is 0 Å². The zero-order valence-electron chi connectivity index (χ0n) is 16.2. The molecule has 1 N–H and O–H groups in total. The quantitative estimate of drug-likeness (QED) is 0.756. The number of carbonyl (C=O) groups is 3. The van der Waals surface area contributed by atoms with E-state index in [1.165, 1.54) is 7.11 Å². The molecule has 0 unspecified atom stereocenters. The Kier molecular flexibility index (Phi) is 5.10. The number of hydrogen-bond acceptors (Lipinski definition) is 5. The SMILES string of the molecule is COC(=O)[C@H]1CCCN1C(=O)[C@H](Cc1ccccc1)N1CCNC2(CC2)C1=O. The molecule has 2 aliphatic heterocycles. The fourth-order valence-corrected chi connectivity index (χ4v) is 4.45. The molecule has 7 nitrogen and oxygen atoms in total. The van der Waals surface area contributed by atoms with Crippen molar-refractivity contribution in [1.82, 2.24) is 15.1 Å². The van der Waals surface area contributed by atoms with Crippen LogP contribution in [-0.4, -0.2) is 72.0 Å². The fourth-order valence-electron chi connectivity index (χ4n) is 4.45. The summed E-state index contributed by atoms with van der Waals surface area (Å²) < 4.78 is 4.90. The normalized spacial score (nSPS) is 24.3. The molecule has 150 valence electrons. The first-order valence-electron chi connectivity index (χ1n) is 10.0. The standard InChI is InChI=1S/C21H27N3O4/c1-28-19(26)16-8-5-12-23(16)18(25)17(14-15-6-3-2-4-7-15)24-13-11-22-21(9-10-21)20(24)27/h2-4,6-7,16-17,22H,5,8-14H2,1H3/t16-,17+/m1/s1. The van der Waals surface area contributed by atoms with Gasteiger partial charge in [-0.3, -0.25) is 9.59 Å². The van der Waals surface area contributed by atoms with Gasteiger partial charge in [-0.25, -0.2) is 4.79 Å². The summed E-state index contributed by atoms with van der Waals surface area (Å²) in [7, 11) is 1.35. The first-order valence-corrected chi connectivity index (χ1v) is 10.0. The van der Waals surface area contributed by atoms with Crippen molar-refractivity contribution in [2.45, 2.75) is 49.7 Å². The number of ether oxygens (including phenoxy) is 1. The van der Waals surface area contributed by atoms with E-state index in [2.05, 4.69) is 5.32 Å². The highest BCUT2D eigenvalue weighted by Gasteiger charge is 2.55. The summed E-state index contributed by atoms with van der Waals surface area (Å²) in [6.45, 7) is 1.71. The van der Waals surface area contributed by atoms with Crippen LogP contribution in [-0.2, 0) is 25.5 Å². The Bertz CT molecular complexity index is 762. The van der Waals surface area contributed by atoms with Crippen molar-refractivity contribution in [2.24, 2.45) is 0 Å². The Hall–Kier alpha value is -2.41. The maximum absolute atomic E-state index is 13.6. The number of nitrogens with zero attached hydrogens (tertiary/aromatic N) is 2. The summed E-state index contributed by atoms with van der Waals surface area (Å²) in [6, 6.07) is 8.60. The second-order valence-corrected chi connectivity index (χ2v) is 7.93. The van der Waals surface area contributed by atoms with Crippen molar-refractivity contribution in [3.05, 3.63) is 35.9 Å². The van der Waals surface area contributed by atoms with Gasteiger partial charge in [0.15, 0.2) is 0 Å². The summed E-state index contributed by atoms with van der Waals surface area (Å²) in [5.74, 6) is -0.515. The molecule has 1 aromatic rings. The molecule has 28 heavy (non-hydrogen) atoms. The molecule has 1 saturated carbocycles. The number of nitrogens with one attached hydrogen (secondary N) is 1. The lowest BCUT2D eigenvalue weighted by atomic mass is 10.00. The number of amides is 2. The van der Waals surface area contributed by atoms with E-state index >= 15 is 0 Å². The van der Waals surface area contributed by atoms with Crippen molar-refractivity contribution in [1.29, 1.82) is 0 Å². The van der Waals surface area contributed by atoms with E-state index < -0.39 is 17.6 Å². The Morgan fingerprint density at radius 1 is 1.25 bits per heavy atom. The van der Waals surface area contributed by atoms with Crippen LogP contribution < -0.4 is 5.32 Å². The lowest BCUT2D eigenvalue weighted by molar-refractivity contribution is -0.155. The molecule has 2 heterocycles. The van der Waals surface area contributed by atoms with E-state index in [1.807, 2.05) is 30.3 Å². The van der Waals surface area contributed by atoms with Gasteiger partial charge in [0, 0.05) is 26.1 Å². The predicted octanol–water partition coefficient (Wildman–Crippen LogP) is 0.726. The average molecular weight is 385 g/mol. The fraction of sp³-hybridized carbons (Fsp3) is 0.571. The van der Waals surface area contributed by atoms with Crippen LogP contribution in [0.25, 0.3) is 0 Å². The lowest BCUT2D eigenvalue weighted by Crippen LogP contribution is -2.63. The van der Waals surface area contributed by atoms with Gasteiger partial charge < -0.3 is 19.9 Å². The molecule has 4 rings (SSSR count). The third-order valence-electron chi connectivity index (χ3n) is 6.18. The molecule has 2 amide bonds. The van der Waals surface area contributed by atoms with Gasteiger partial charge in [-0.15, -0.1) is 0 Å². The number of carbonyl (C=O) groups excluding carboxylic acids is 3. The Morgan fingerprint density at radius 2 is 2.00 bits per heavy atom. The van der Waals surface area contributed by atoms with Crippen LogP contribution in [0.1, 0.15) is 31.2 Å². The second-order valence-electron chi connectivity index (χ2n) is 7.93. The molecule has 7 heteroatoms. The predicted molar refractivity (Wildman–Crippen MR) is 102 cm³/mol. The van der Waals surface area contributed by atoms with E-state index in [9.17, 15) is 14.4 Å². The number of hydrogen-bond donors (Lipinski definition) is 1. The first-order chi connectivity index (χ1) is 13.6. The number of esters is 1. The molecule has 1 aliphatic carbocycles. The van der Waals surface area contributed by atoms with Crippen molar-refractivity contribution >= 4 is 17.8 Å². The van der Waals surface area contributed by atoms with Crippen LogP contribution in [0.4, 0.5) is 0 Å². The third kappa shape index (κ3) is 3.39. The molecular formula is C21H27N3O4. The summed E-state index contributed by atoms with van der Waals surface area (Å²) >= 11 is 0. The highest BCUT2D eigenvalue weighted by Crippen LogP contribution is 2.39. The zero-order chi connectivity index (χ0) is 19.7. The second kappa shape index (κ2) is 7.54. The van der Waals surface area contributed by atoms with Gasteiger partial charge in [0.25, 0.3) is 0 Å². The smallest absolute Gasteiger partial charge is 0.328 e. The topological polar surface area (TPSA) is 79.0 Å². The van der Waals surface area contributed by atoms with Crippen LogP contribution in [0.2, 0.25) is 0 Å². The van der Waals surface area contributed by atoms with Crippen LogP contribution in [0.3, 0.4) is 0 Å². The van der Waals surface area contributed by atoms with E-state index in [1.54, 1.807) is 9.80 Å². The van der Waals surface area contributed by atoms with Gasteiger partial charge in [0.2, 0.25) is 11.8 Å². The van der Waals surface area contributed by atoms with Crippen LogP contribution in [0.5, 0.6) is 0 Å². The first kappa shape index (κ1) is 18.9.